The van der Waals surface area contributed by atoms with E-state index in [4.69, 9.17) is 4.99 Å². The summed E-state index contributed by atoms with van der Waals surface area (Å²) in [5, 5.41) is 0.559. The van der Waals surface area contributed by atoms with Crippen LogP contribution in [0.2, 0.25) is 0 Å². The number of rotatable bonds is 2. The molecule has 2 heterocycles. The number of amidine groups is 1. The molecule has 2 aliphatic rings. The van der Waals surface area contributed by atoms with E-state index in [9.17, 15) is 9.59 Å². The minimum absolute atomic E-state index is 0.167. The number of hydrogen-bond donors (Lipinski definition) is 0. The normalized spacial score (nSPS) is 18.7. The van der Waals surface area contributed by atoms with Crippen molar-refractivity contribution in [3.63, 3.8) is 0 Å². The molecule has 3 aromatic rings. The average Bonchev–Trinajstić information content (AvgIpc) is 3.25. The summed E-state index contributed by atoms with van der Waals surface area (Å²) in [7, 11) is 1.76. The van der Waals surface area contributed by atoms with Crippen molar-refractivity contribution in [2.24, 2.45) is 4.99 Å². The molecule has 35 heavy (non-hydrogen) atoms. The van der Waals surface area contributed by atoms with Gasteiger partial charge in [0.1, 0.15) is 0 Å². The fourth-order valence-corrected chi connectivity index (χ4v) is 6.01. The standard InChI is InChI=1S/C29H27N3O2S/c1-16-10-7-11-17(2)23(16)30-29-32(24-18(3)12-8-13-19(24)4)28(34)26(35-29)22-21-15-9-14-20(5)25(21)31(6)27(22)33/h7-15H,1-6H3/b26-22-,30-29?. The first-order valence-corrected chi connectivity index (χ1v) is 12.4. The predicted octanol–water partition coefficient (Wildman–Crippen LogP) is 6.38. The molecule has 1 saturated heterocycles. The minimum Gasteiger partial charge on any atom is -0.310 e. The van der Waals surface area contributed by atoms with Crippen LogP contribution in [-0.2, 0) is 9.59 Å². The number of thioether (sulfide) groups is 1. The zero-order chi connectivity index (χ0) is 25.0. The number of para-hydroxylation sites is 3. The maximum absolute atomic E-state index is 14.1. The van der Waals surface area contributed by atoms with Gasteiger partial charge in [0.25, 0.3) is 11.8 Å². The van der Waals surface area contributed by atoms with Crippen molar-refractivity contribution in [3.8, 4) is 0 Å². The zero-order valence-corrected chi connectivity index (χ0v) is 21.6. The van der Waals surface area contributed by atoms with Gasteiger partial charge in [0, 0.05) is 12.6 Å². The van der Waals surface area contributed by atoms with Crippen molar-refractivity contribution in [1.82, 2.24) is 0 Å². The van der Waals surface area contributed by atoms with Crippen molar-refractivity contribution >= 4 is 51.4 Å². The van der Waals surface area contributed by atoms with E-state index >= 15 is 0 Å². The van der Waals surface area contributed by atoms with E-state index in [1.807, 2.05) is 89.2 Å². The second kappa shape index (κ2) is 8.54. The third-order valence-electron chi connectivity index (χ3n) is 6.68. The molecule has 0 N–H and O–H groups in total. The van der Waals surface area contributed by atoms with E-state index in [0.717, 1.165) is 50.4 Å². The largest absolute Gasteiger partial charge is 0.310 e. The first-order valence-electron chi connectivity index (χ1n) is 11.6. The molecule has 2 aliphatic heterocycles. The Balaban J connectivity index is 1.78. The highest BCUT2D eigenvalue weighted by Gasteiger charge is 2.43. The molecule has 2 amide bonds. The number of carbonyl (C=O) groups excluding carboxylic acids is 2. The van der Waals surface area contributed by atoms with Crippen LogP contribution in [0.1, 0.15) is 33.4 Å². The van der Waals surface area contributed by atoms with Gasteiger partial charge in [0.05, 0.1) is 27.5 Å². The van der Waals surface area contributed by atoms with Crippen LogP contribution < -0.4 is 9.80 Å². The Morgan fingerprint density at radius 3 is 1.80 bits per heavy atom. The second-order valence-electron chi connectivity index (χ2n) is 9.16. The molecule has 0 spiro atoms. The molecule has 0 unspecified atom stereocenters. The van der Waals surface area contributed by atoms with Gasteiger partial charge in [-0.2, -0.15) is 0 Å². The van der Waals surface area contributed by atoms with Gasteiger partial charge in [-0.05, 0) is 74.2 Å². The second-order valence-corrected chi connectivity index (χ2v) is 10.1. The number of aliphatic imine (C=N–C) groups is 1. The molecule has 0 aliphatic carbocycles. The van der Waals surface area contributed by atoms with Crippen LogP contribution in [0.3, 0.4) is 0 Å². The molecule has 5 nitrogen and oxygen atoms in total. The van der Waals surface area contributed by atoms with Gasteiger partial charge in [-0.25, -0.2) is 4.99 Å². The summed E-state index contributed by atoms with van der Waals surface area (Å²) in [6.07, 6.45) is 0. The van der Waals surface area contributed by atoms with Crippen LogP contribution in [0, 0.1) is 34.6 Å². The lowest BCUT2D eigenvalue weighted by Gasteiger charge is -2.21. The predicted molar refractivity (Wildman–Crippen MR) is 146 cm³/mol. The summed E-state index contributed by atoms with van der Waals surface area (Å²) in [5.74, 6) is -0.386. The monoisotopic (exact) mass is 481 g/mol. The van der Waals surface area contributed by atoms with E-state index in [1.165, 1.54) is 11.8 Å². The number of nitrogens with zero attached hydrogens (tertiary/aromatic N) is 3. The van der Waals surface area contributed by atoms with E-state index in [0.29, 0.717) is 15.6 Å². The van der Waals surface area contributed by atoms with Crippen LogP contribution in [-0.4, -0.2) is 24.0 Å². The van der Waals surface area contributed by atoms with E-state index in [-0.39, 0.29) is 11.8 Å². The number of amides is 2. The van der Waals surface area contributed by atoms with E-state index < -0.39 is 0 Å². The summed E-state index contributed by atoms with van der Waals surface area (Å²) >= 11 is 1.28. The van der Waals surface area contributed by atoms with Crippen LogP contribution in [0.4, 0.5) is 17.1 Å². The molecule has 5 rings (SSSR count). The van der Waals surface area contributed by atoms with Gasteiger partial charge in [0.15, 0.2) is 5.17 Å². The van der Waals surface area contributed by atoms with Crippen LogP contribution in [0.25, 0.3) is 5.57 Å². The quantitative estimate of drug-likeness (QED) is 0.399. The summed E-state index contributed by atoms with van der Waals surface area (Å²) < 4.78 is 0. The number of likely N-dealkylation sites (N-methyl/N-ethyl adjacent to an activating group) is 1. The first kappa shape index (κ1) is 23.1. The molecule has 176 valence electrons. The Morgan fingerprint density at radius 2 is 1.20 bits per heavy atom. The van der Waals surface area contributed by atoms with Gasteiger partial charge in [-0.3, -0.25) is 14.5 Å². The highest BCUT2D eigenvalue weighted by atomic mass is 32.2. The third kappa shape index (κ3) is 3.60. The molecule has 3 aromatic carbocycles. The Hall–Kier alpha value is -3.64. The smallest absolute Gasteiger partial charge is 0.272 e. The van der Waals surface area contributed by atoms with Crippen LogP contribution >= 0.6 is 11.8 Å². The highest BCUT2D eigenvalue weighted by molar-refractivity contribution is 8.19. The fourth-order valence-electron chi connectivity index (χ4n) is 4.94. The van der Waals surface area contributed by atoms with Gasteiger partial charge >= 0.3 is 0 Å². The molecule has 0 aromatic heterocycles. The van der Waals surface area contributed by atoms with E-state index in [1.54, 1.807) is 16.8 Å². The maximum Gasteiger partial charge on any atom is 0.272 e. The average molecular weight is 482 g/mol. The van der Waals surface area contributed by atoms with Crippen molar-refractivity contribution in [2.45, 2.75) is 34.6 Å². The van der Waals surface area contributed by atoms with Gasteiger partial charge in [0.2, 0.25) is 0 Å². The molecular weight excluding hydrogens is 454 g/mol. The first-order chi connectivity index (χ1) is 16.7. The maximum atomic E-state index is 14.1. The topological polar surface area (TPSA) is 53.0 Å². The van der Waals surface area contributed by atoms with Crippen molar-refractivity contribution in [2.75, 3.05) is 16.8 Å². The number of hydrogen-bond acceptors (Lipinski definition) is 4. The number of fused-ring (bicyclic) bond motifs is 1. The summed E-state index contributed by atoms with van der Waals surface area (Å²) in [6.45, 7) is 10.0. The Bertz CT molecular complexity index is 1440. The van der Waals surface area contributed by atoms with Crippen molar-refractivity contribution in [1.29, 1.82) is 0 Å². The molecule has 1 fully saturated rings. The zero-order valence-electron chi connectivity index (χ0n) is 20.8. The Kier molecular flexibility index (Phi) is 5.64. The van der Waals surface area contributed by atoms with Crippen LogP contribution in [0.5, 0.6) is 0 Å². The number of anilines is 2. The minimum atomic E-state index is -0.219. The van der Waals surface area contributed by atoms with Gasteiger partial charge in [-0.15, -0.1) is 0 Å². The van der Waals surface area contributed by atoms with Gasteiger partial charge in [-0.1, -0.05) is 54.6 Å². The molecule has 6 heteroatoms. The molecule has 0 saturated carbocycles. The van der Waals surface area contributed by atoms with E-state index in [2.05, 4.69) is 0 Å². The third-order valence-corrected chi connectivity index (χ3v) is 7.72. The van der Waals surface area contributed by atoms with Crippen molar-refractivity contribution in [3.05, 3.63) is 92.9 Å². The lowest BCUT2D eigenvalue weighted by atomic mass is 10.0. The number of benzene rings is 3. The fraction of sp³-hybridized carbons (Fsp3) is 0.207. The molecular formula is C29H27N3O2S. The molecule has 0 atom stereocenters. The molecule has 0 bridgehead atoms. The SMILES string of the molecule is Cc1cccc(C)c1N=C1S/C(=C2\C(=O)N(C)c3c(C)cccc32)C(=O)N1c1c(C)cccc1C. The van der Waals surface area contributed by atoms with Crippen molar-refractivity contribution < 1.29 is 9.59 Å². The Labute approximate surface area is 210 Å². The lowest BCUT2D eigenvalue weighted by molar-refractivity contribution is -0.115. The Morgan fingerprint density at radius 1 is 0.686 bits per heavy atom. The summed E-state index contributed by atoms with van der Waals surface area (Å²) in [5.41, 5.74) is 8.78. The number of aryl methyl sites for hydroxylation is 5. The summed E-state index contributed by atoms with van der Waals surface area (Å²) in [4.78, 5) is 36.3. The highest BCUT2D eigenvalue weighted by Crippen LogP contribution is 2.47. The molecule has 0 radical (unpaired) electrons. The lowest BCUT2D eigenvalue weighted by Crippen LogP contribution is -2.31. The summed E-state index contributed by atoms with van der Waals surface area (Å²) in [6, 6.07) is 17.9. The van der Waals surface area contributed by atoms with Gasteiger partial charge < -0.3 is 4.90 Å². The van der Waals surface area contributed by atoms with Crippen LogP contribution in [0.15, 0.2) is 64.5 Å². The number of carbonyl (C=O) groups is 2.